The molecule has 0 fully saturated rings. The van der Waals surface area contributed by atoms with E-state index in [0.29, 0.717) is 11.8 Å². The maximum Gasteiger partial charge on any atom is 0.106 e. The quantitative estimate of drug-likeness (QED) is 0.591. The summed E-state index contributed by atoms with van der Waals surface area (Å²) < 4.78 is 0.275. The van der Waals surface area contributed by atoms with Crippen molar-refractivity contribution in [3.8, 4) is 0 Å². The van der Waals surface area contributed by atoms with E-state index in [1.54, 1.807) is 6.08 Å². The minimum atomic E-state index is 0.275. The summed E-state index contributed by atoms with van der Waals surface area (Å²) in [5, 5.41) is 0. The third-order valence-corrected chi connectivity index (χ3v) is 4.08. The molecular formula is C17H18Cl2. The van der Waals surface area contributed by atoms with Crippen molar-refractivity contribution in [2.45, 2.75) is 31.6 Å². The summed E-state index contributed by atoms with van der Waals surface area (Å²) in [6, 6.07) is 8.68. The van der Waals surface area contributed by atoms with Crippen LogP contribution in [-0.2, 0) is 0 Å². The van der Waals surface area contributed by atoms with Gasteiger partial charge < -0.3 is 0 Å². The van der Waals surface area contributed by atoms with Crippen molar-refractivity contribution in [2.75, 3.05) is 0 Å². The van der Waals surface area contributed by atoms with Gasteiger partial charge in [-0.25, -0.2) is 0 Å². The number of allylic oxidation sites excluding steroid dienone is 4. The second-order valence-corrected chi connectivity index (χ2v) is 5.99. The first-order valence-corrected chi connectivity index (χ1v) is 7.33. The van der Waals surface area contributed by atoms with Crippen LogP contribution in [0.1, 0.15) is 42.7 Å². The van der Waals surface area contributed by atoms with Gasteiger partial charge in [0.05, 0.1) is 0 Å². The van der Waals surface area contributed by atoms with E-state index in [0.717, 1.165) is 6.42 Å². The van der Waals surface area contributed by atoms with Gasteiger partial charge >= 0.3 is 0 Å². The number of benzene rings is 1. The van der Waals surface area contributed by atoms with E-state index in [1.807, 2.05) is 12.2 Å². The van der Waals surface area contributed by atoms with Crippen molar-refractivity contribution >= 4 is 23.2 Å². The monoisotopic (exact) mass is 292 g/mol. The first-order chi connectivity index (χ1) is 9.13. The minimum absolute atomic E-state index is 0.275. The normalized spacial score (nSPS) is 22.6. The Hall–Kier alpha value is -0.980. The highest BCUT2D eigenvalue weighted by molar-refractivity contribution is 6.55. The maximum absolute atomic E-state index is 5.69. The van der Waals surface area contributed by atoms with Gasteiger partial charge in [0.15, 0.2) is 0 Å². The van der Waals surface area contributed by atoms with Crippen molar-refractivity contribution < 1.29 is 0 Å². The second kappa shape index (κ2) is 6.45. The molecule has 1 aliphatic carbocycles. The van der Waals surface area contributed by atoms with Crippen LogP contribution >= 0.6 is 23.2 Å². The minimum Gasteiger partial charge on any atom is -0.0988 e. The second-order valence-electron chi connectivity index (χ2n) is 4.99. The molecule has 0 aromatic heterocycles. The van der Waals surface area contributed by atoms with Gasteiger partial charge in [0, 0.05) is 5.92 Å². The van der Waals surface area contributed by atoms with E-state index in [1.165, 1.54) is 23.1 Å². The largest absolute Gasteiger partial charge is 0.106 e. The molecule has 100 valence electrons. The molecular weight excluding hydrogens is 275 g/mol. The fourth-order valence-corrected chi connectivity index (χ4v) is 2.96. The zero-order valence-corrected chi connectivity index (χ0v) is 12.6. The fraction of sp³-hybridized carbons (Fsp3) is 0.294. The SMILES string of the molecule is C=C/C(=C\C=C(Cl)Cl)[C@@H]1CC[C@H](C)c2ccccc21. The summed E-state index contributed by atoms with van der Waals surface area (Å²) >= 11 is 11.4. The number of hydrogen-bond acceptors (Lipinski definition) is 0. The summed E-state index contributed by atoms with van der Waals surface area (Å²) in [5.74, 6) is 1.03. The van der Waals surface area contributed by atoms with E-state index in [2.05, 4.69) is 37.8 Å². The van der Waals surface area contributed by atoms with E-state index >= 15 is 0 Å². The van der Waals surface area contributed by atoms with Gasteiger partial charge in [0.1, 0.15) is 4.49 Å². The molecule has 0 saturated heterocycles. The Morgan fingerprint density at radius 3 is 2.47 bits per heavy atom. The maximum atomic E-state index is 5.69. The molecule has 0 N–H and O–H groups in total. The number of halogens is 2. The molecule has 0 radical (unpaired) electrons. The number of fused-ring (bicyclic) bond motifs is 1. The van der Waals surface area contributed by atoms with Crippen LogP contribution in [-0.4, -0.2) is 0 Å². The number of hydrogen-bond donors (Lipinski definition) is 0. The number of rotatable bonds is 3. The van der Waals surface area contributed by atoms with Crippen molar-refractivity contribution in [1.82, 2.24) is 0 Å². The van der Waals surface area contributed by atoms with Crippen molar-refractivity contribution in [2.24, 2.45) is 0 Å². The predicted octanol–water partition coefficient (Wildman–Crippen LogP) is 6.10. The van der Waals surface area contributed by atoms with Gasteiger partial charge in [-0.1, -0.05) is 73.1 Å². The zero-order chi connectivity index (χ0) is 13.8. The molecule has 0 heterocycles. The topological polar surface area (TPSA) is 0 Å². The standard InChI is InChI=1S/C17H18Cl2/c1-3-13(9-11-17(18)19)15-10-8-12(2)14-6-4-5-7-16(14)15/h3-7,9,11-12,15H,1,8,10H2,2H3/b13-9+/t12-,15-/m0/s1. The summed E-state index contributed by atoms with van der Waals surface area (Å²) in [6.45, 7) is 6.22. The summed E-state index contributed by atoms with van der Waals surface area (Å²) in [4.78, 5) is 0. The van der Waals surface area contributed by atoms with E-state index < -0.39 is 0 Å². The van der Waals surface area contributed by atoms with Gasteiger partial charge in [-0.2, -0.15) is 0 Å². The lowest BCUT2D eigenvalue weighted by Gasteiger charge is -2.30. The van der Waals surface area contributed by atoms with Gasteiger partial charge in [-0.15, -0.1) is 0 Å². The molecule has 2 rings (SSSR count). The van der Waals surface area contributed by atoms with Crippen LogP contribution in [0.4, 0.5) is 0 Å². The van der Waals surface area contributed by atoms with Gasteiger partial charge in [0.25, 0.3) is 0 Å². The summed E-state index contributed by atoms with van der Waals surface area (Å²) in [7, 11) is 0. The van der Waals surface area contributed by atoms with Crippen LogP contribution in [0.3, 0.4) is 0 Å². The molecule has 0 saturated carbocycles. The lowest BCUT2D eigenvalue weighted by atomic mass is 9.74. The summed E-state index contributed by atoms with van der Waals surface area (Å²) in [6.07, 6.45) is 7.94. The Morgan fingerprint density at radius 2 is 1.84 bits per heavy atom. The van der Waals surface area contributed by atoms with Gasteiger partial charge in [-0.05, 0) is 41.5 Å². The van der Waals surface area contributed by atoms with Crippen LogP contribution in [0.15, 0.2) is 59.1 Å². The molecule has 19 heavy (non-hydrogen) atoms. The predicted molar refractivity (Wildman–Crippen MR) is 84.9 cm³/mol. The zero-order valence-electron chi connectivity index (χ0n) is 11.1. The third-order valence-electron chi connectivity index (χ3n) is 3.83. The first kappa shape index (κ1) is 14.4. The smallest absolute Gasteiger partial charge is 0.0988 e. The van der Waals surface area contributed by atoms with Crippen LogP contribution in [0.2, 0.25) is 0 Å². The van der Waals surface area contributed by atoms with Crippen LogP contribution in [0.25, 0.3) is 0 Å². The molecule has 1 aromatic rings. The Balaban J connectivity index is 2.41. The van der Waals surface area contributed by atoms with E-state index in [-0.39, 0.29) is 4.49 Å². The van der Waals surface area contributed by atoms with Crippen LogP contribution in [0, 0.1) is 0 Å². The Labute approximate surface area is 125 Å². The molecule has 1 aromatic carbocycles. The first-order valence-electron chi connectivity index (χ1n) is 6.57. The third kappa shape index (κ3) is 3.32. The van der Waals surface area contributed by atoms with Crippen molar-refractivity contribution in [3.05, 3.63) is 70.3 Å². The highest BCUT2D eigenvalue weighted by Crippen LogP contribution is 2.42. The summed E-state index contributed by atoms with van der Waals surface area (Å²) in [5.41, 5.74) is 4.04. The molecule has 0 amide bonds. The highest BCUT2D eigenvalue weighted by Gasteiger charge is 2.25. The molecule has 0 unspecified atom stereocenters. The van der Waals surface area contributed by atoms with Crippen molar-refractivity contribution in [1.29, 1.82) is 0 Å². The average molecular weight is 293 g/mol. The Bertz CT molecular complexity index is 522. The highest BCUT2D eigenvalue weighted by atomic mass is 35.5. The fourth-order valence-electron chi connectivity index (χ4n) is 2.84. The molecule has 0 bridgehead atoms. The average Bonchev–Trinajstić information content (AvgIpc) is 2.41. The van der Waals surface area contributed by atoms with Crippen molar-refractivity contribution in [3.63, 3.8) is 0 Å². The lowest BCUT2D eigenvalue weighted by molar-refractivity contribution is 0.545. The molecule has 2 atom stereocenters. The van der Waals surface area contributed by atoms with Gasteiger partial charge in [-0.3, -0.25) is 0 Å². The molecule has 0 spiro atoms. The lowest BCUT2D eigenvalue weighted by Crippen LogP contribution is -2.13. The van der Waals surface area contributed by atoms with E-state index in [9.17, 15) is 0 Å². The van der Waals surface area contributed by atoms with Gasteiger partial charge in [0.2, 0.25) is 0 Å². The molecule has 1 aliphatic rings. The van der Waals surface area contributed by atoms with E-state index in [4.69, 9.17) is 23.2 Å². The van der Waals surface area contributed by atoms with Crippen LogP contribution in [0.5, 0.6) is 0 Å². The molecule has 2 heteroatoms. The van der Waals surface area contributed by atoms with Crippen LogP contribution < -0.4 is 0 Å². The molecule has 0 nitrogen and oxygen atoms in total. The Kier molecular flexibility index (Phi) is 4.90. The Morgan fingerprint density at radius 1 is 1.16 bits per heavy atom. The molecule has 0 aliphatic heterocycles.